The van der Waals surface area contributed by atoms with Gasteiger partial charge in [-0.1, -0.05) is 20.8 Å². The second-order valence-electron chi connectivity index (χ2n) is 6.48. The Bertz CT molecular complexity index is 336. The van der Waals surface area contributed by atoms with Crippen molar-refractivity contribution in [2.75, 3.05) is 26.2 Å². The van der Waals surface area contributed by atoms with Gasteiger partial charge >= 0.3 is 0 Å². The van der Waals surface area contributed by atoms with Crippen molar-refractivity contribution in [3.63, 3.8) is 0 Å². The van der Waals surface area contributed by atoms with Crippen molar-refractivity contribution >= 4 is 11.8 Å². The van der Waals surface area contributed by atoms with Gasteiger partial charge in [-0.15, -0.1) is 0 Å². The molecule has 0 spiro atoms. The minimum Gasteiger partial charge on any atom is -0.396 e. The van der Waals surface area contributed by atoms with Gasteiger partial charge in [0.1, 0.15) is 0 Å². The van der Waals surface area contributed by atoms with Crippen LogP contribution >= 0.6 is 0 Å². The first-order valence-electron chi connectivity index (χ1n) is 8.13. The molecule has 5 heteroatoms. The van der Waals surface area contributed by atoms with Crippen LogP contribution in [0.25, 0.3) is 0 Å². The summed E-state index contributed by atoms with van der Waals surface area (Å²) in [5, 5.41) is 11.9. The Morgan fingerprint density at radius 3 is 2.38 bits per heavy atom. The number of nitrogens with zero attached hydrogens (tertiary/aromatic N) is 1. The minimum atomic E-state index is 0.0314. The van der Waals surface area contributed by atoms with E-state index in [-0.39, 0.29) is 30.3 Å². The third kappa shape index (κ3) is 6.04. The number of hydrogen-bond donors (Lipinski definition) is 2. The van der Waals surface area contributed by atoms with Crippen molar-refractivity contribution in [1.29, 1.82) is 0 Å². The summed E-state index contributed by atoms with van der Waals surface area (Å²) in [4.78, 5) is 25.8. The number of amides is 2. The summed E-state index contributed by atoms with van der Waals surface area (Å²) in [7, 11) is 0. The third-order valence-electron chi connectivity index (χ3n) is 4.16. The molecule has 1 aliphatic rings. The van der Waals surface area contributed by atoms with E-state index in [4.69, 9.17) is 5.11 Å². The molecule has 1 rings (SSSR count). The average molecular weight is 298 g/mol. The molecule has 1 fully saturated rings. The number of aliphatic hydroxyl groups is 1. The topological polar surface area (TPSA) is 69.6 Å². The highest BCUT2D eigenvalue weighted by molar-refractivity contribution is 5.80. The van der Waals surface area contributed by atoms with E-state index in [2.05, 4.69) is 5.32 Å². The van der Waals surface area contributed by atoms with E-state index in [1.54, 1.807) is 0 Å². The molecule has 5 nitrogen and oxygen atoms in total. The van der Waals surface area contributed by atoms with Gasteiger partial charge in [0.25, 0.3) is 0 Å². The molecule has 1 atom stereocenters. The molecule has 0 bridgehead atoms. The summed E-state index contributed by atoms with van der Waals surface area (Å²) < 4.78 is 0. The zero-order valence-corrected chi connectivity index (χ0v) is 13.6. The van der Waals surface area contributed by atoms with Crippen molar-refractivity contribution in [2.24, 2.45) is 17.8 Å². The van der Waals surface area contributed by atoms with Crippen molar-refractivity contribution in [2.45, 2.75) is 46.5 Å². The summed E-state index contributed by atoms with van der Waals surface area (Å²) >= 11 is 0. The van der Waals surface area contributed by atoms with Crippen LogP contribution in [0.15, 0.2) is 0 Å². The lowest BCUT2D eigenvalue weighted by atomic mass is 9.95. The first kappa shape index (κ1) is 18.0. The van der Waals surface area contributed by atoms with Crippen LogP contribution in [0.3, 0.4) is 0 Å². The minimum absolute atomic E-state index is 0.0314. The lowest BCUT2D eigenvalue weighted by Gasteiger charge is -2.32. The number of aliphatic hydroxyl groups excluding tert-OH is 1. The van der Waals surface area contributed by atoms with Gasteiger partial charge in [0.05, 0.1) is 0 Å². The number of carbonyl (C=O) groups is 2. The zero-order chi connectivity index (χ0) is 15.8. The number of likely N-dealkylation sites (tertiary alicyclic amines) is 1. The van der Waals surface area contributed by atoms with Gasteiger partial charge in [0.15, 0.2) is 0 Å². The quantitative estimate of drug-likeness (QED) is 0.698. The van der Waals surface area contributed by atoms with Gasteiger partial charge < -0.3 is 15.3 Å². The van der Waals surface area contributed by atoms with Gasteiger partial charge in [-0.25, -0.2) is 0 Å². The van der Waals surface area contributed by atoms with Gasteiger partial charge in [0.2, 0.25) is 11.8 Å². The molecule has 0 radical (unpaired) electrons. The van der Waals surface area contributed by atoms with Gasteiger partial charge in [0, 0.05) is 38.1 Å². The first-order chi connectivity index (χ1) is 9.95. The predicted octanol–water partition coefficient (Wildman–Crippen LogP) is 1.41. The molecule has 1 unspecified atom stereocenters. The summed E-state index contributed by atoms with van der Waals surface area (Å²) in [6, 6.07) is 0. The third-order valence-corrected chi connectivity index (χ3v) is 4.16. The van der Waals surface area contributed by atoms with Crippen LogP contribution in [0.5, 0.6) is 0 Å². The monoisotopic (exact) mass is 298 g/mol. The van der Waals surface area contributed by atoms with Crippen LogP contribution in [-0.2, 0) is 9.59 Å². The van der Waals surface area contributed by atoms with E-state index < -0.39 is 0 Å². The molecule has 2 N–H and O–H groups in total. The lowest BCUT2D eigenvalue weighted by molar-refractivity contribution is -0.138. The Labute approximate surface area is 128 Å². The molecule has 1 heterocycles. The molecule has 21 heavy (non-hydrogen) atoms. The predicted molar refractivity (Wildman–Crippen MR) is 82.6 cm³/mol. The Hall–Kier alpha value is -1.10. The SMILES string of the molecule is CC(CO)CCCNC(=O)C1CCN(C(=O)C(C)C)CC1. The van der Waals surface area contributed by atoms with Crippen LogP contribution in [0.1, 0.15) is 46.5 Å². The Balaban J connectivity index is 2.21. The fraction of sp³-hybridized carbons (Fsp3) is 0.875. The first-order valence-corrected chi connectivity index (χ1v) is 8.13. The van der Waals surface area contributed by atoms with E-state index >= 15 is 0 Å². The second-order valence-corrected chi connectivity index (χ2v) is 6.48. The second kappa shape index (κ2) is 9.03. The molecule has 0 saturated carbocycles. The standard InChI is InChI=1S/C16H30N2O3/c1-12(2)16(21)18-9-6-14(7-10-18)15(20)17-8-4-5-13(3)11-19/h12-14,19H,4-11H2,1-3H3,(H,17,20). The van der Waals surface area contributed by atoms with Crippen molar-refractivity contribution in [1.82, 2.24) is 10.2 Å². The zero-order valence-electron chi connectivity index (χ0n) is 13.6. The van der Waals surface area contributed by atoms with Crippen LogP contribution in [0.2, 0.25) is 0 Å². The van der Waals surface area contributed by atoms with E-state index in [1.807, 2.05) is 25.7 Å². The van der Waals surface area contributed by atoms with Crippen LogP contribution in [0.4, 0.5) is 0 Å². The highest BCUT2D eigenvalue weighted by Crippen LogP contribution is 2.19. The fourth-order valence-corrected chi connectivity index (χ4v) is 2.62. The summed E-state index contributed by atoms with van der Waals surface area (Å²) in [6.07, 6.45) is 3.35. The number of nitrogens with one attached hydrogen (secondary N) is 1. The maximum absolute atomic E-state index is 12.1. The lowest BCUT2D eigenvalue weighted by Crippen LogP contribution is -2.44. The molecule has 0 aromatic carbocycles. The molecule has 2 amide bonds. The van der Waals surface area contributed by atoms with E-state index in [1.165, 1.54) is 0 Å². The van der Waals surface area contributed by atoms with Crippen LogP contribution in [0, 0.1) is 17.8 Å². The van der Waals surface area contributed by atoms with Gasteiger partial charge in [-0.3, -0.25) is 9.59 Å². The van der Waals surface area contributed by atoms with Crippen molar-refractivity contribution in [3.05, 3.63) is 0 Å². The largest absolute Gasteiger partial charge is 0.396 e. The Morgan fingerprint density at radius 2 is 1.86 bits per heavy atom. The molecule has 1 saturated heterocycles. The number of rotatable bonds is 7. The van der Waals surface area contributed by atoms with E-state index in [9.17, 15) is 9.59 Å². The van der Waals surface area contributed by atoms with Gasteiger partial charge in [-0.2, -0.15) is 0 Å². The maximum Gasteiger partial charge on any atom is 0.225 e. The number of hydrogen-bond acceptors (Lipinski definition) is 3. The molecule has 0 aromatic rings. The van der Waals surface area contributed by atoms with Gasteiger partial charge in [-0.05, 0) is 31.6 Å². The van der Waals surface area contributed by atoms with Crippen molar-refractivity contribution < 1.29 is 14.7 Å². The molecule has 122 valence electrons. The van der Waals surface area contributed by atoms with Crippen LogP contribution in [-0.4, -0.2) is 48.1 Å². The van der Waals surface area contributed by atoms with Crippen molar-refractivity contribution in [3.8, 4) is 0 Å². The van der Waals surface area contributed by atoms with E-state index in [0.717, 1.165) is 25.7 Å². The number of piperidine rings is 1. The molecule has 1 aliphatic heterocycles. The summed E-state index contributed by atoms with van der Waals surface area (Å²) in [6.45, 7) is 8.09. The van der Waals surface area contributed by atoms with E-state index in [0.29, 0.717) is 25.6 Å². The molecule has 0 aliphatic carbocycles. The Kier molecular flexibility index (Phi) is 7.72. The normalized spacial score (nSPS) is 17.9. The fourth-order valence-electron chi connectivity index (χ4n) is 2.62. The highest BCUT2D eigenvalue weighted by atomic mass is 16.3. The molecule has 0 aromatic heterocycles. The summed E-state index contributed by atoms with van der Waals surface area (Å²) in [5.74, 6) is 0.669. The summed E-state index contributed by atoms with van der Waals surface area (Å²) in [5.41, 5.74) is 0. The molecular weight excluding hydrogens is 268 g/mol. The highest BCUT2D eigenvalue weighted by Gasteiger charge is 2.27. The average Bonchev–Trinajstić information content (AvgIpc) is 2.50. The van der Waals surface area contributed by atoms with Crippen LogP contribution < -0.4 is 5.32 Å². The molecular formula is C16H30N2O3. The number of carbonyl (C=O) groups excluding carboxylic acids is 2. The maximum atomic E-state index is 12.1. The Morgan fingerprint density at radius 1 is 1.24 bits per heavy atom. The smallest absolute Gasteiger partial charge is 0.225 e.